The molecular weight excluding hydrogens is 174 g/mol. The molecule has 0 aromatic rings. The molecule has 5 heteroatoms. The molecular formula is C8H15NO4. The minimum Gasteiger partial charge on any atom is -0.318 e. The smallest absolute Gasteiger partial charge is 0.318 e. The van der Waals surface area contributed by atoms with Crippen molar-refractivity contribution in [1.29, 1.82) is 0 Å². The minimum atomic E-state index is -0.737. The van der Waals surface area contributed by atoms with Gasteiger partial charge in [0, 0.05) is 6.92 Å². The van der Waals surface area contributed by atoms with E-state index in [9.17, 15) is 9.59 Å². The van der Waals surface area contributed by atoms with E-state index in [1.54, 1.807) is 0 Å². The number of carbonyl (C=O) groups is 2. The van der Waals surface area contributed by atoms with Crippen LogP contribution in [0.5, 0.6) is 0 Å². The highest BCUT2D eigenvalue weighted by atomic mass is 17.2. The summed E-state index contributed by atoms with van der Waals surface area (Å²) >= 11 is 0. The largest absolute Gasteiger partial charge is 0.372 e. The predicted molar refractivity (Wildman–Crippen MR) is 45.3 cm³/mol. The molecule has 0 heterocycles. The summed E-state index contributed by atoms with van der Waals surface area (Å²) in [6.45, 7) is 5.00. The highest BCUT2D eigenvalue weighted by molar-refractivity contribution is 5.76. The van der Waals surface area contributed by atoms with E-state index in [2.05, 4.69) is 9.78 Å². The molecule has 0 aliphatic heterocycles. The summed E-state index contributed by atoms with van der Waals surface area (Å²) in [5, 5.41) is 0. The molecule has 0 aliphatic rings. The SMILES string of the molecule is CC(=O)OOC(=O)C(N)CC(C)C. The van der Waals surface area contributed by atoms with E-state index in [1.807, 2.05) is 13.8 Å². The highest BCUT2D eigenvalue weighted by Gasteiger charge is 2.18. The Morgan fingerprint density at radius 3 is 2.23 bits per heavy atom. The Hall–Kier alpha value is -1.10. The summed E-state index contributed by atoms with van der Waals surface area (Å²) in [6, 6.07) is -0.737. The number of hydrogen-bond acceptors (Lipinski definition) is 5. The summed E-state index contributed by atoms with van der Waals surface area (Å²) in [5.41, 5.74) is 5.44. The van der Waals surface area contributed by atoms with E-state index in [0.29, 0.717) is 12.3 Å². The number of hydrogen-bond donors (Lipinski definition) is 1. The van der Waals surface area contributed by atoms with Crippen molar-refractivity contribution in [2.45, 2.75) is 33.2 Å². The van der Waals surface area contributed by atoms with Crippen molar-refractivity contribution in [2.75, 3.05) is 0 Å². The lowest BCUT2D eigenvalue weighted by molar-refractivity contribution is -0.258. The maximum atomic E-state index is 11.0. The molecule has 0 aromatic heterocycles. The van der Waals surface area contributed by atoms with Gasteiger partial charge in [-0.2, -0.15) is 0 Å². The molecule has 0 amide bonds. The van der Waals surface area contributed by atoms with Crippen molar-refractivity contribution in [2.24, 2.45) is 11.7 Å². The highest BCUT2D eigenvalue weighted by Crippen LogP contribution is 2.03. The lowest BCUT2D eigenvalue weighted by Gasteiger charge is -2.10. The molecule has 1 atom stereocenters. The molecule has 0 aliphatic carbocycles. The van der Waals surface area contributed by atoms with Crippen LogP contribution in [0.2, 0.25) is 0 Å². The number of carbonyl (C=O) groups excluding carboxylic acids is 2. The Labute approximate surface area is 77.1 Å². The van der Waals surface area contributed by atoms with Crippen molar-refractivity contribution < 1.29 is 19.4 Å². The van der Waals surface area contributed by atoms with Crippen molar-refractivity contribution in [3.05, 3.63) is 0 Å². The van der Waals surface area contributed by atoms with Gasteiger partial charge in [0.15, 0.2) is 0 Å². The van der Waals surface area contributed by atoms with Crippen LogP contribution in [-0.2, 0) is 19.4 Å². The van der Waals surface area contributed by atoms with E-state index in [1.165, 1.54) is 0 Å². The predicted octanol–water partition coefficient (Wildman–Crippen LogP) is 0.381. The number of rotatable bonds is 3. The average molecular weight is 189 g/mol. The minimum absolute atomic E-state index is 0.292. The fourth-order valence-corrected chi connectivity index (χ4v) is 0.766. The fraction of sp³-hybridized carbons (Fsp3) is 0.750. The number of nitrogens with two attached hydrogens (primary N) is 1. The van der Waals surface area contributed by atoms with Gasteiger partial charge in [-0.3, -0.25) is 0 Å². The van der Waals surface area contributed by atoms with Gasteiger partial charge >= 0.3 is 11.9 Å². The second kappa shape index (κ2) is 5.53. The molecule has 5 nitrogen and oxygen atoms in total. The lowest BCUT2D eigenvalue weighted by Crippen LogP contribution is -2.33. The molecule has 0 aromatic carbocycles. The molecule has 0 radical (unpaired) electrons. The molecule has 0 bridgehead atoms. The van der Waals surface area contributed by atoms with Gasteiger partial charge in [-0.15, -0.1) is 0 Å². The molecule has 0 saturated heterocycles. The molecule has 0 fully saturated rings. The molecule has 2 N–H and O–H groups in total. The topological polar surface area (TPSA) is 78.6 Å². The van der Waals surface area contributed by atoms with Crippen LogP contribution in [0.15, 0.2) is 0 Å². The molecule has 0 spiro atoms. The zero-order chi connectivity index (χ0) is 10.4. The normalized spacial score (nSPS) is 12.4. The van der Waals surface area contributed by atoms with Crippen LogP contribution in [0, 0.1) is 5.92 Å². The van der Waals surface area contributed by atoms with Crippen LogP contribution in [0.25, 0.3) is 0 Å². The van der Waals surface area contributed by atoms with E-state index in [4.69, 9.17) is 5.73 Å². The monoisotopic (exact) mass is 189 g/mol. The Morgan fingerprint density at radius 1 is 1.31 bits per heavy atom. The summed E-state index contributed by atoms with van der Waals surface area (Å²) < 4.78 is 0. The average Bonchev–Trinajstić information content (AvgIpc) is 1.98. The van der Waals surface area contributed by atoms with Gasteiger partial charge in [0.05, 0.1) is 0 Å². The third-order valence-corrected chi connectivity index (χ3v) is 1.27. The van der Waals surface area contributed by atoms with E-state index >= 15 is 0 Å². The maximum absolute atomic E-state index is 11.0. The van der Waals surface area contributed by atoms with Crippen molar-refractivity contribution >= 4 is 11.9 Å². The summed E-state index contributed by atoms with van der Waals surface area (Å²) in [7, 11) is 0. The fourth-order valence-electron chi connectivity index (χ4n) is 0.766. The zero-order valence-electron chi connectivity index (χ0n) is 8.07. The molecule has 76 valence electrons. The molecule has 13 heavy (non-hydrogen) atoms. The van der Waals surface area contributed by atoms with Gasteiger partial charge in [0.2, 0.25) is 0 Å². The third kappa shape index (κ3) is 6.10. The Balaban J connectivity index is 3.76. The van der Waals surface area contributed by atoms with Crippen molar-refractivity contribution in [3.8, 4) is 0 Å². The van der Waals surface area contributed by atoms with Crippen LogP contribution < -0.4 is 5.73 Å². The van der Waals surface area contributed by atoms with Gasteiger partial charge in [-0.1, -0.05) is 13.8 Å². The first-order valence-corrected chi connectivity index (χ1v) is 4.08. The summed E-state index contributed by atoms with van der Waals surface area (Å²) in [4.78, 5) is 29.4. The van der Waals surface area contributed by atoms with E-state index in [-0.39, 0.29) is 0 Å². The Morgan fingerprint density at radius 2 is 1.85 bits per heavy atom. The van der Waals surface area contributed by atoms with Gasteiger partial charge < -0.3 is 5.73 Å². The Bertz CT molecular complexity index is 191. The van der Waals surface area contributed by atoms with E-state index in [0.717, 1.165) is 6.92 Å². The first kappa shape index (κ1) is 11.9. The molecule has 0 saturated carbocycles. The van der Waals surface area contributed by atoms with Gasteiger partial charge in [-0.05, 0) is 12.3 Å². The van der Waals surface area contributed by atoms with Crippen LogP contribution in [0.3, 0.4) is 0 Å². The molecule has 0 rings (SSSR count). The van der Waals surface area contributed by atoms with Gasteiger partial charge in [0.1, 0.15) is 6.04 Å². The van der Waals surface area contributed by atoms with Crippen LogP contribution in [0.1, 0.15) is 27.2 Å². The van der Waals surface area contributed by atoms with Crippen LogP contribution in [0.4, 0.5) is 0 Å². The van der Waals surface area contributed by atoms with Gasteiger partial charge in [0.25, 0.3) is 0 Å². The zero-order valence-corrected chi connectivity index (χ0v) is 8.07. The maximum Gasteiger partial charge on any atom is 0.372 e. The summed E-state index contributed by atoms with van der Waals surface area (Å²) in [6.07, 6.45) is 0.500. The summed E-state index contributed by atoms with van der Waals surface area (Å²) in [5.74, 6) is -1.10. The third-order valence-electron chi connectivity index (χ3n) is 1.27. The second-order valence-corrected chi connectivity index (χ2v) is 3.21. The van der Waals surface area contributed by atoms with Crippen LogP contribution >= 0.6 is 0 Å². The van der Waals surface area contributed by atoms with E-state index < -0.39 is 18.0 Å². The van der Waals surface area contributed by atoms with Gasteiger partial charge in [-0.25, -0.2) is 19.4 Å². The Kier molecular flexibility index (Phi) is 5.06. The first-order chi connectivity index (χ1) is 5.93. The quantitative estimate of drug-likeness (QED) is 0.513. The van der Waals surface area contributed by atoms with Crippen molar-refractivity contribution in [3.63, 3.8) is 0 Å². The second-order valence-electron chi connectivity index (χ2n) is 3.21. The first-order valence-electron chi connectivity index (χ1n) is 4.08. The van der Waals surface area contributed by atoms with Crippen molar-refractivity contribution in [1.82, 2.24) is 0 Å². The van der Waals surface area contributed by atoms with Crippen LogP contribution in [-0.4, -0.2) is 18.0 Å². The lowest BCUT2D eigenvalue weighted by atomic mass is 10.1. The molecule has 1 unspecified atom stereocenters. The standard InChI is InChI=1S/C8H15NO4/c1-5(2)4-7(9)8(11)13-12-6(3)10/h5,7H,4,9H2,1-3H3.